The van der Waals surface area contributed by atoms with Gasteiger partial charge in [-0.1, -0.05) is 15.9 Å². The number of carbonyl (C=O) groups is 1. The van der Waals surface area contributed by atoms with E-state index in [2.05, 4.69) is 36.1 Å². The maximum Gasteiger partial charge on any atom is 0.341 e. The van der Waals surface area contributed by atoms with Gasteiger partial charge < -0.3 is 9.47 Å². The van der Waals surface area contributed by atoms with Gasteiger partial charge in [0.1, 0.15) is 22.7 Å². The van der Waals surface area contributed by atoms with E-state index in [0.29, 0.717) is 15.5 Å². The van der Waals surface area contributed by atoms with Crippen molar-refractivity contribution >= 4 is 32.9 Å². The van der Waals surface area contributed by atoms with Crippen molar-refractivity contribution in [2.75, 3.05) is 13.7 Å². The fourth-order valence-corrected chi connectivity index (χ4v) is 3.35. The molecule has 0 N–H and O–H groups in total. The molecule has 0 spiro atoms. The van der Waals surface area contributed by atoms with Gasteiger partial charge in [0.15, 0.2) is 0 Å². The van der Waals surface area contributed by atoms with Gasteiger partial charge >= 0.3 is 5.97 Å². The third-order valence-corrected chi connectivity index (χ3v) is 4.81. The Balaban J connectivity index is 1.74. The van der Waals surface area contributed by atoms with E-state index in [1.54, 1.807) is 6.92 Å². The lowest BCUT2D eigenvalue weighted by Gasteiger charge is -2.10. The number of carbonyl (C=O) groups excluding carboxylic acids is 1. The molecule has 0 atom stereocenters. The molecule has 0 amide bonds. The minimum absolute atomic E-state index is 0.125. The standard InChI is InChI=1S/C19H15BrF2N6O3/c1-3-31-18(29)10-6-23-28(8-10)19-25-15-7-24-27(16(15)17(26-19)30-2)9-12-13(21)4-11(20)5-14(12)22/h4-8H,3,9H2,1-2H3. The molecular formula is C19H15BrF2N6O3. The van der Waals surface area contributed by atoms with Crippen LogP contribution in [-0.2, 0) is 11.3 Å². The summed E-state index contributed by atoms with van der Waals surface area (Å²) >= 11 is 3.06. The van der Waals surface area contributed by atoms with E-state index in [1.807, 2.05) is 0 Å². The van der Waals surface area contributed by atoms with Gasteiger partial charge in [-0.25, -0.2) is 23.2 Å². The molecule has 4 aromatic rings. The lowest BCUT2D eigenvalue weighted by Crippen LogP contribution is -2.09. The smallest absolute Gasteiger partial charge is 0.341 e. The largest absolute Gasteiger partial charge is 0.479 e. The molecule has 0 aliphatic heterocycles. The van der Waals surface area contributed by atoms with Crippen LogP contribution in [0.4, 0.5) is 8.78 Å². The number of aromatic nitrogens is 6. The Morgan fingerprint density at radius 2 is 1.90 bits per heavy atom. The van der Waals surface area contributed by atoms with E-state index in [9.17, 15) is 13.6 Å². The summed E-state index contributed by atoms with van der Waals surface area (Å²) in [7, 11) is 1.40. The third-order valence-electron chi connectivity index (χ3n) is 4.35. The van der Waals surface area contributed by atoms with Crippen LogP contribution in [0.1, 0.15) is 22.8 Å². The highest BCUT2D eigenvalue weighted by Gasteiger charge is 2.19. The first-order chi connectivity index (χ1) is 14.9. The van der Waals surface area contributed by atoms with Crippen molar-refractivity contribution in [3.63, 3.8) is 0 Å². The van der Waals surface area contributed by atoms with Gasteiger partial charge in [-0.05, 0) is 19.1 Å². The van der Waals surface area contributed by atoms with E-state index >= 15 is 0 Å². The SMILES string of the molecule is CCOC(=O)c1cnn(-c2nc(OC)c3c(cnn3Cc3c(F)cc(Br)cc3F)n2)c1. The van der Waals surface area contributed by atoms with Crippen molar-refractivity contribution in [3.05, 3.63) is 58.0 Å². The topological polar surface area (TPSA) is 97.0 Å². The number of fused-ring (bicyclic) bond motifs is 1. The minimum Gasteiger partial charge on any atom is -0.479 e. The summed E-state index contributed by atoms with van der Waals surface area (Å²) in [4.78, 5) is 20.5. The Morgan fingerprint density at radius 1 is 1.16 bits per heavy atom. The van der Waals surface area contributed by atoms with Crippen LogP contribution in [0.2, 0.25) is 0 Å². The van der Waals surface area contributed by atoms with Crippen LogP contribution in [0, 0.1) is 11.6 Å². The van der Waals surface area contributed by atoms with Gasteiger partial charge in [0.2, 0.25) is 5.88 Å². The van der Waals surface area contributed by atoms with Crippen LogP contribution in [0.15, 0.2) is 35.2 Å². The monoisotopic (exact) mass is 492 g/mol. The number of benzene rings is 1. The average Bonchev–Trinajstić information content (AvgIpc) is 3.38. The van der Waals surface area contributed by atoms with E-state index in [-0.39, 0.29) is 36.1 Å². The zero-order valence-electron chi connectivity index (χ0n) is 16.3. The zero-order chi connectivity index (χ0) is 22.1. The van der Waals surface area contributed by atoms with Crippen LogP contribution < -0.4 is 4.74 Å². The number of ether oxygens (including phenoxy) is 2. The number of halogens is 3. The Morgan fingerprint density at radius 3 is 2.58 bits per heavy atom. The van der Waals surface area contributed by atoms with Crippen LogP contribution >= 0.6 is 15.9 Å². The van der Waals surface area contributed by atoms with Crippen molar-refractivity contribution < 1.29 is 23.0 Å². The van der Waals surface area contributed by atoms with E-state index in [4.69, 9.17) is 9.47 Å². The van der Waals surface area contributed by atoms with Crippen LogP contribution in [0.5, 0.6) is 5.88 Å². The molecular weight excluding hydrogens is 478 g/mol. The van der Waals surface area contributed by atoms with Crippen molar-refractivity contribution in [2.45, 2.75) is 13.5 Å². The molecule has 0 bridgehead atoms. The highest BCUT2D eigenvalue weighted by Crippen LogP contribution is 2.26. The number of methoxy groups -OCH3 is 1. The number of hydrogen-bond donors (Lipinski definition) is 0. The first kappa shape index (κ1) is 20.8. The predicted octanol–water partition coefficient (Wildman–Crippen LogP) is 3.29. The maximum absolute atomic E-state index is 14.3. The Kier molecular flexibility index (Phi) is 5.63. The Hall–Kier alpha value is -3.41. The van der Waals surface area contributed by atoms with Gasteiger partial charge in [0.05, 0.1) is 38.2 Å². The number of rotatable bonds is 6. The molecule has 0 unspecified atom stereocenters. The fourth-order valence-electron chi connectivity index (χ4n) is 2.94. The van der Waals surface area contributed by atoms with Crippen molar-refractivity contribution in [2.24, 2.45) is 0 Å². The summed E-state index contributed by atoms with van der Waals surface area (Å²) < 4.78 is 41.8. The zero-order valence-corrected chi connectivity index (χ0v) is 17.9. The van der Waals surface area contributed by atoms with E-state index < -0.39 is 17.6 Å². The molecule has 31 heavy (non-hydrogen) atoms. The quantitative estimate of drug-likeness (QED) is 0.381. The molecule has 0 fully saturated rings. The summed E-state index contributed by atoms with van der Waals surface area (Å²) in [5, 5.41) is 8.26. The van der Waals surface area contributed by atoms with Crippen LogP contribution in [0.25, 0.3) is 17.0 Å². The molecule has 160 valence electrons. The molecule has 0 radical (unpaired) electrons. The second kappa shape index (κ2) is 8.38. The molecule has 3 heterocycles. The average molecular weight is 493 g/mol. The number of hydrogen-bond acceptors (Lipinski definition) is 7. The highest BCUT2D eigenvalue weighted by atomic mass is 79.9. The first-order valence-corrected chi connectivity index (χ1v) is 9.83. The third kappa shape index (κ3) is 3.98. The number of esters is 1. The van der Waals surface area contributed by atoms with E-state index in [1.165, 1.54) is 47.2 Å². The molecule has 0 saturated heterocycles. The molecule has 3 aromatic heterocycles. The second-order valence-electron chi connectivity index (χ2n) is 6.31. The van der Waals surface area contributed by atoms with Crippen LogP contribution in [0.3, 0.4) is 0 Å². The van der Waals surface area contributed by atoms with Crippen LogP contribution in [-0.4, -0.2) is 49.2 Å². The summed E-state index contributed by atoms with van der Waals surface area (Å²) in [5.74, 6) is -1.69. The Bertz CT molecular complexity index is 1270. The lowest BCUT2D eigenvalue weighted by molar-refractivity contribution is 0.0526. The number of nitrogens with zero attached hydrogens (tertiary/aromatic N) is 6. The molecule has 0 saturated carbocycles. The summed E-state index contributed by atoms with van der Waals surface area (Å²) in [6.07, 6.45) is 4.18. The predicted molar refractivity (Wildman–Crippen MR) is 108 cm³/mol. The normalized spacial score (nSPS) is 11.1. The fraction of sp³-hybridized carbons (Fsp3) is 0.211. The molecule has 12 heteroatoms. The van der Waals surface area contributed by atoms with Gasteiger partial charge in [0.25, 0.3) is 5.95 Å². The summed E-state index contributed by atoms with van der Waals surface area (Å²) in [5.41, 5.74) is 0.797. The lowest BCUT2D eigenvalue weighted by atomic mass is 10.2. The molecule has 1 aromatic carbocycles. The van der Waals surface area contributed by atoms with E-state index in [0.717, 1.165) is 0 Å². The molecule has 0 aliphatic rings. The minimum atomic E-state index is -0.713. The molecule has 0 aliphatic carbocycles. The molecule has 9 nitrogen and oxygen atoms in total. The van der Waals surface area contributed by atoms with Crippen molar-refractivity contribution in [1.29, 1.82) is 0 Å². The second-order valence-corrected chi connectivity index (χ2v) is 7.23. The van der Waals surface area contributed by atoms with Gasteiger partial charge in [-0.2, -0.15) is 15.2 Å². The van der Waals surface area contributed by atoms with Gasteiger partial charge in [-0.15, -0.1) is 0 Å². The summed E-state index contributed by atoms with van der Waals surface area (Å²) in [6, 6.07) is 2.35. The summed E-state index contributed by atoms with van der Waals surface area (Å²) in [6.45, 7) is 1.75. The molecule has 4 rings (SSSR count). The van der Waals surface area contributed by atoms with Gasteiger partial charge in [0, 0.05) is 16.2 Å². The highest BCUT2D eigenvalue weighted by molar-refractivity contribution is 9.10. The van der Waals surface area contributed by atoms with Crippen molar-refractivity contribution in [1.82, 2.24) is 29.5 Å². The van der Waals surface area contributed by atoms with Gasteiger partial charge in [-0.3, -0.25) is 4.68 Å². The van der Waals surface area contributed by atoms with Crippen molar-refractivity contribution in [3.8, 4) is 11.8 Å². The Labute approximate surface area is 182 Å². The maximum atomic E-state index is 14.3. The first-order valence-electron chi connectivity index (χ1n) is 9.04.